The number of carbonyl (C=O) groups excluding carboxylic acids is 2. The molecular formula is C27H29BN2O6. The van der Waals surface area contributed by atoms with Crippen LogP contribution in [0.5, 0.6) is 5.75 Å². The van der Waals surface area contributed by atoms with Crippen molar-refractivity contribution < 1.29 is 29.5 Å². The molecule has 0 unspecified atom stereocenters. The number of benzene rings is 1. The van der Waals surface area contributed by atoms with Gasteiger partial charge < -0.3 is 19.9 Å². The van der Waals surface area contributed by atoms with Crippen molar-refractivity contribution in [3.8, 4) is 5.75 Å². The molecule has 2 aliphatic heterocycles. The summed E-state index contributed by atoms with van der Waals surface area (Å²) in [7, 11) is 0.435. The van der Waals surface area contributed by atoms with Crippen molar-refractivity contribution in [3.63, 3.8) is 0 Å². The van der Waals surface area contributed by atoms with Crippen LogP contribution < -0.4 is 0 Å². The molecule has 9 heteroatoms. The van der Waals surface area contributed by atoms with Crippen molar-refractivity contribution in [2.24, 2.45) is 17.8 Å². The Morgan fingerprint density at radius 2 is 2.03 bits per heavy atom. The maximum absolute atomic E-state index is 13.0. The first-order chi connectivity index (χ1) is 17.4. The Hall–Kier alpha value is -3.27. The molecular weight excluding hydrogens is 459 g/mol. The van der Waals surface area contributed by atoms with E-state index in [1.807, 2.05) is 30.3 Å². The molecule has 36 heavy (non-hydrogen) atoms. The maximum atomic E-state index is 13.0. The van der Waals surface area contributed by atoms with Gasteiger partial charge in [0.1, 0.15) is 5.75 Å². The van der Waals surface area contributed by atoms with Gasteiger partial charge >= 0.3 is 7.12 Å². The molecule has 5 rings (SSSR count). The lowest BCUT2D eigenvalue weighted by Gasteiger charge is -2.43. The number of rotatable bonds is 6. The number of hydrogen-bond acceptors (Lipinski definition) is 7. The first kappa shape index (κ1) is 24.4. The third-order valence-corrected chi connectivity index (χ3v) is 7.60. The van der Waals surface area contributed by atoms with Crippen LogP contribution >= 0.6 is 0 Å². The van der Waals surface area contributed by atoms with Crippen molar-refractivity contribution in [1.29, 1.82) is 0 Å². The van der Waals surface area contributed by atoms with E-state index in [9.17, 15) is 24.8 Å². The van der Waals surface area contributed by atoms with E-state index in [1.165, 1.54) is 11.9 Å². The molecule has 1 aromatic heterocycles. The highest BCUT2D eigenvalue weighted by molar-refractivity contribution is 6.43. The van der Waals surface area contributed by atoms with Crippen molar-refractivity contribution in [3.05, 3.63) is 71.1 Å². The van der Waals surface area contributed by atoms with Gasteiger partial charge in [0.25, 0.3) is 0 Å². The van der Waals surface area contributed by atoms with Crippen LogP contribution in [-0.2, 0) is 14.2 Å². The smallest absolute Gasteiger partial charge is 0.455 e. The van der Waals surface area contributed by atoms with Crippen LogP contribution in [0, 0.1) is 17.8 Å². The first-order valence-corrected chi connectivity index (χ1v) is 12.3. The quantitative estimate of drug-likeness (QED) is 0.325. The lowest BCUT2D eigenvalue weighted by molar-refractivity contribution is -0.138. The fourth-order valence-corrected chi connectivity index (χ4v) is 6.00. The predicted octanol–water partition coefficient (Wildman–Crippen LogP) is 2.53. The van der Waals surface area contributed by atoms with Gasteiger partial charge in [0, 0.05) is 13.2 Å². The molecule has 0 spiro atoms. The van der Waals surface area contributed by atoms with Crippen LogP contribution in [0.1, 0.15) is 30.5 Å². The second-order valence-corrected chi connectivity index (χ2v) is 9.73. The lowest BCUT2D eigenvalue weighted by Crippen LogP contribution is -2.46. The largest absolute Gasteiger partial charge is 0.508 e. The highest BCUT2D eigenvalue weighted by Gasteiger charge is 2.56. The van der Waals surface area contributed by atoms with Crippen LogP contribution in [0.4, 0.5) is 0 Å². The number of imide groups is 1. The highest BCUT2D eigenvalue weighted by Crippen LogP contribution is 2.50. The van der Waals surface area contributed by atoms with E-state index in [2.05, 4.69) is 4.98 Å². The molecule has 0 radical (unpaired) electrons. The van der Waals surface area contributed by atoms with E-state index in [0.29, 0.717) is 19.3 Å². The van der Waals surface area contributed by atoms with Crippen molar-refractivity contribution in [2.75, 3.05) is 13.7 Å². The molecule has 0 saturated carbocycles. The topological polar surface area (TPSA) is 120 Å². The van der Waals surface area contributed by atoms with Crippen molar-refractivity contribution in [1.82, 2.24) is 9.88 Å². The van der Waals surface area contributed by atoms with Gasteiger partial charge in [-0.05, 0) is 84.1 Å². The number of likely N-dealkylation sites (tertiary alicyclic amines) is 1. The summed E-state index contributed by atoms with van der Waals surface area (Å²) in [4.78, 5) is 31.3. The summed E-state index contributed by atoms with van der Waals surface area (Å²) in [5.41, 5.74) is 4.11. The Bertz CT molecular complexity index is 1230. The van der Waals surface area contributed by atoms with Crippen LogP contribution in [0.3, 0.4) is 0 Å². The average Bonchev–Trinajstić information content (AvgIpc) is 3.10. The normalized spacial score (nSPS) is 26.4. The van der Waals surface area contributed by atoms with Gasteiger partial charge in [-0.1, -0.05) is 18.2 Å². The molecule has 0 bridgehead atoms. The Kier molecular flexibility index (Phi) is 6.79. The number of fused-ring (bicyclic) bond motifs is 3. The number of aliphatic hydroxyl groups is 1. The number of aromatic hydroxyl groups is 1. The van der Waals surface area contributed by atoms with E-state index in [0.717, 1.165) is 28.0 Å². The number of aromatic nitrogens is 1. The molecule has 2 fully saturated rings. The number of allylic oxidation sites excluding steroid dienone is 1. The highest BCUT2D eigenvalue weighted by atomic mass is 16.5. The van der Waals surface area contributed by atoms with Crippen molar-refractivity contribution >= 4 is 30.6 Å². The van der Waals surface area contributed by atoms with Gasteiger partial charge in [0.15, 0.2) is 0 Å². The fourth-order valence-electron chi connectivity index (χ4n) is 6.00. The summed E-state index contributed by atoms with van der Waals surface area (Å²) >= 11 is 0. The molecule has 4 atom stereocenters. The van der Waals surface area contributed by atoms with Gasteiger partial charge in [0.05, 0.1) is 30.2 Å². The minimum Gasteiger partial charge on any atom is -0.508 e. The first-order valence-electron chi connectivity index (χ1n) is 12.3. The van der Waals surface area contributed by atoms with E-state index < -0.39 is 25.1 Å². The molecule has 2 amide bonds. The predicted molar refractivity (Wildman–Crippen MR) is 134 cm³/mol. The molecule has 3 heterocycles. The summed E-state index contributed by atoms with van der Waals surface area (Å²) in [6.45, 7) is -0.220. The number of hydrogen-bond donors (Lipinski definition) is 3. The Morgan fingerprint density at radius 3 is 2.75 bits per heavy atom. The zero-order valence-electron chi connectivity index (χ0n) is 20.1. The molecule has 1 aliphatic carbocycles. The number of amides is 2. The molecule has 1 aromatic carbocycles. The summed E-state index contributed by atoms with van der Waals surface area (Å²) in [5.74, 6) is -1.67. The molecule has 8 nitrogen and oxygen atoms in total. The zero-order chi connectivity index (χ0) is 25.4. The van der Waals surface area contributed by atoms with E-state index >= 15 is 0 Å². The minimum absolute atomic E-state index is 0.168. The Morgan fingerprint density at radius 1 is 1.19 bits per heavy atom. The molecule has 3 N–H and O–H groups in total. The second kappa shape index (κ2) is 10.0. The number of phenolic OH excluding ortho intramolecular Hbond substituents is 1. The van der Waals surface area contributed by atoms with Gasteiger partial charge in [-0.15, -0.1) is 0 Å². The lowest BCUT2D eigenvalue weighted by atomic mass is 9.58. The SMILES string of the molecule is CN1C(=O)[C@@H]2[C@@H](CC(CO)=C3[C@@H](CC/C(=C/c4cccc(O)c4)c4ccccn4)OB(O)C[C@@H]32)C1=O. The van der Waals surface area contributed by atoms with Gasteiger partial charge in [-0.2, -0.15) is 0 Å². The molecule has 2 aromatic rings. The van der Waals surface area contributed by atoms with E-state index in [4.69, 9.17) is 4.65 Å². The van der Waals surface area contributed by atoms with Gasteiger partial charge in [0.2, 0.25) is 11.8 Å². The summed E-state index contributed by atoms with van der Waals surface area (Å²) in [6, 6.07) is 12.6. The number of pyridine rings is 1. The van der Waals surface area contributed by atoms with Crippen LogP contribution in [0.25, 0.3) is 11.6 Å². The number of phenols is 1. The van der Waals surface area contributed by atoms with Crippen LogP contribution in [-0.4, -0.2) is 63.8 Å². The van der Waals surface area contributed by atoms with Gasteiger partial charge in [-0.25, -0.2) is 0 Å². The maximum Gasteiger partial charge on any atom is 0.455 e. The van der Waals surface area contributed by atoms with Crippen molar-refractivity contribution in [2.45, 2.75) is 31.7 Å². The Balaban J connectivity index is 1.46. The third-order valence-electron chi connectivity index (χ3n) is 7.60. The molecule has 3 aliphatic rings. The van der Waals surface area contributed by atoms with Crippen LogP contribution in [0.15, 0.2) is 59.8 Å². The fraction of sp³-hybridized carbons (Fsp3) is 0.370. The zero-order valence-corrected chi connectivity index (χ0v) is 20.1. The number of aliphatic hydroxyl groups excluding tert-OH is 1. The van der Waals surface area contributed by atoms with E-state index in [-0.39, 0.29) is 36.4 Å². The average molecular weight is 488 g/mol. The van der Waals surface area contributed by atoms with Crippen LogP contribution in [0.2, 0.25) is 6.32 Å². The summed E-state index contributed by atoms with van der Waals surface area (Å²) in [5, 5.41) is 30.7. The summed E-state index contributed by atoms with van der Waals surface area (Å²) in [6.07, 6.45) is 4.75. The molecule has 186 valence electrons. The van der Waals surface area contributed by atoms with Gasteiger partial charge in [-0.3, -0.25) is 19.5 Å². The minimum atomic E-state index is -1.07. The summed E-state index contributed by atoms with van der Waals surface area (Å²) < 4.78 is 5.97. The molecule has 2 saturated heterocycles. The number of nitrogens with zero attached hydrogens (tertiary/aromatic N) is 2. The van der Waals surface area contributed by atoms with E-state index in [1.54, 1.807) is 24.4 Å². The third kappa shape index (κ3) is 4.50. The standard InChI is InChI=1S/C27H29BN2O6/c1-30-26(33)20-13-18(15-31)24-21(25(20)27(30)34)14-28(35)36-23(24)9-8-17(22-7-2-3-10-29-22)11-16-5-4-6-19(32)12-16/h2-7,10-12,20-21,23,25,31-32,35H,8-9,13-15H2,1H3/b17-11-/t20-,21+,23-,25-/m1/s1. The second-order valence-electron chi connectivity index (χ2n) is 9.73. The number of carbonyl (C=O) groups is 2. The Labute approximate surface area is 210 Å². The monoisotopic (exact) mass is 488 g/mol.